The molecule has 0 N–H and O–H groups in total. The van der Waals surface area contributed by atoms with Crippen LogP contribution in [0, 0.1) is 0 Å². The van der Waals surface area contributed by atoms with Gasteiger partial charge in [-0.2, -0.15) is 0 Å². The third-order valence-corrected chi connectivity index (χ3v) is 2.79. The summed E-state index contributed by atoms with van der Waals surface area (Å²) in [6, 6.07) is 0. The van der Waals surface area contributed by atoms with Gasteiger partial charge in [0, 0.05) is 12.0 Å². The summed E-state index contributed by atoms with van der Waals surface area (Å²) < 4.78 is 0. The van der Waals surface area contributed by atoms with Gasteiger partial charge in [-0.1, -0.05) is 30.7 Å². The van der Waals surface area contributed by atoms with Crippen molar-refractivity contribution in [2.24, 2.45) is 0 Å². The highest BCUT2D eigenvalue weighted by atomic mass is 16.1. The summed E-state index contributed by atoms with van der Waals surface area (Å²) in [7, 11) is 0. The van der Waals surface area contributed by atoms with Gasteiger partial charge >= 0.3 is 0 Å². The first-order chi connectivity index (χ1) is 7.16. The quantitative estimate of drug-likeness (QED) is 0.633. The number of carbonyl (C=O) groups excluding carboxylic acids is 1. The van der Waals surface area contributed by atoms with Gasteiger partial charge in [0.25, 0.3) is 0 Å². The lowest BCUT2D eigenvalue weighted by Gasteiger charge is -2.02. The summed E-state index contributed by atoms with van der Waals surface area (Å²) in [5.41, 5.74) is 3.39. The van der Waals surface area contributed by atoms with Crippen molar-refractivity contribution in [3.05, 3.63) is 34.9 Å². The van der Waals surface area contributed by atoms with Crippen LogP contribution >= 0.6 is 0 Å². The van der Waals surface area contributed by atoms with E-state index in [1.165, 1.54) is 5.57 Å². The topological polar surface area (TPSA) is 17.1 Å². The van der Waals surface area contributed by atoms with Crippen LogP contribution in [-0.2, 0) is 4.79 Å². The van der Waals surface area contributed by atoms with Crippen molar-refractivity contribution in [1.82, 2.24) is 0 Å². The Labute approximate surface area is 92.6 Å². The summed E-state index contributed by atoms with van der Waals surface area (Å²) in [6.45, 7) is 6.24. The Morgan fingerprint density at radius 1 is 1.33 bits per heavy atom. The number of hydrogen-bond donors (Lipinski definition) is 0. The second-order valence-electron chi connectivity index (χ2n) is 4.08. The van der Waals surface area contributed by atoms with Crippen LogP contribution in [0.5, 0.6) is 0 Å². The average Bonchev–Trinajstić information content (AvgIpc) is 2.53. The Bertz CT molecular complexity index is 329. The Balaban J connectivity index is 2.67. The van der Waals surface area contributed by atoms with Crippen molar-refractivity contribution in [3.8, 4) is 0 Å². The van der Waals surface area contributed by atoms with Crippen molar-refractivity contribution in [2.45, 2.75) is 46.5 Å². The highest BCUT2D eigenvalue weighted by Crippen LogP contribution is 2.27. The molecule has 1 aliphatic rings. The monoisotopic (exact) mass is 204 g/mol. The molecule has 0 unspecified atom stereocenters. The minimum atomic E-state index is 0.320. The van der Waals surface area contributed by atoms with Crippen LogP contribution in [0.2, 0.25) is 0 Å². The molecule has 0 heterocycles. The van der Waals surface area contributed by atoms with E-state index in [-0.39, 0.29) is 0 Å². The fourth-order valence-corrected chi connectivity index (χ4v) is 1.96. The van der Waals surface area contributed by atoms with Gasteiger partial charge in [0.15, 0.2) is 5.78 Å². The largest absolute Gasteiger partial charge is 0.294 e. The van der Waals surface area contributed by atoms with E-state index in [4.69, 9.17) is 0 Å². The van der Waals surface area contributed by atoms with Crippen molar-refractivity contribution in [3.63, 3.8) is 0 Å². The van der Waals surface area contributed by atoms with Gasteiger partial charge in [-0.25, -0.2) is 0 Å². The zero-order chi connectivity index (χ0) is 11.3. The van der Waals surface area contributed by atoms with E-state index in [0.717, 1.165) is 30.4 Å². The van der Waals surface area contributed by atoms with E-state index >= 15 is 0 Å². The average molecular weight is 204 g/mol. The summed E-state index contributed by atoms with van der Waals surface area (Å²) in [6.07, 6.45) is 10.1. The molecular weight excluding hydrogens is 184 g/mol. The lowest BCUT2D eigenvalue weighted by atomic mass is 10.0. The third kappa shape index (κ3) is 3.19. The zero-order valence-electron chi connectivity index (χ0n) is 9.97. The minimum absolute atomic E-state index is 0.320. The van der Waals surface area contributed by atoms with Gasteiger partial charge < -0.3 is 0 Å². The second-order valence-corrected chi connectivity index (χ2v) is 4.08. The number of Topliss-reactive ketones (excluding diaryl/α,β-unsaturated/α-hetero) is 1. The molecule has 1 aliphatic carbocycles. The van der Waals surface area contributed by atoms with Crippen LogP contribution in [0.25, 0.3) is 0 Å². The molecule has 0 atom stereocenters. The van der Waals surface area contributed by atoms with Gasteiger partial charge in [0.05, 0.1) is 0 Å². The number of ketones is 1. The predicted molar refractivity (Wildman–Crippen MR) is 64.7 cm³/mol. The Hall–Kier alpha value is -1.11. The molecule has 0 aromatic carbocycles. The van der Waals surface area contributed by atoms with Crippen molar-refractivity contribution < 1.29 is 4.79 Å². The molecule has 0 amide bonds. The Morgan fingerprint density at radius 3 is 2.60 bits per heavy atom. The van der Waals surface area contributed by atoms with Gasteiger partial charge in [0.2, 0.25) is 0 Å². The molecule has 0 aromatic rings. The maximum absolute atomic E-state index is 11.6. The minimum Gasteiger partial charge on any atom is -0.294 e. The Kier molecular flexibility index (Phi) is 4.54. The van der Waals surface area contributed by atoms with E-state index in [1.807, 2.05) is 6.92 Å². The molecule has 0 aromatic heterocycles. The van der Waals surface area contributed by atoms with Crippen LogP contribution in [0.15, 0.2) is 34.9 Å². The number of carbonyl (C=O) groups is 1. The normalized spacial score (nSPS) is 18.3. The number of rotatable bonds is 4. The van der Waals surface area contributed by atoms with E-state index in [2.05, 4.69) is 32.1 Å². The predicted octanol–water partition coefficient (Wildman–Crippen LogP) is 3.97. The van der Waals surface area contributed by atoms with Crippen molar-refractivity contribution in [1.29, 1.82) is 0 Å². The lowest BCUT2D eigenvalue weighted by molar-refractivity contribution is -0.114. The van der Waals surface area contributed by atoms with Crippen LogP contribution in [0.1, 0.15) is 46.5 Å². The van der Waals surface area contributed by atoms with Crippen molar-refractivity contribution in [2.75, 3.05) is 0 Å². The molecule has 1 heteroatoms. The lowest BCUT2D eigenvalue weighted by Crippen LogP contribution is -1.97. The fraction of sp³-hybridized carbons (Fsp3) is 0.500. The first-order valence-corrected chi connectivity index (χ1v) is 5.72. The molecule has 0 spiro atoms. The van der Waals surface area contributed by atoms with E-state index in [1.54, 1.807) is 0 Å². The molecule has 0 aliphatic heterocycles. The first kappa shape index (κ1) is 12.0. The molecule has 1 rings (SSSR count). The van der Waals surface area contributed by atoms with Crippen LogP contribution < -0.4 is 0 Å². The molecule has 0 radical (unpaired) electrons. The maximum atomic E-state index is 11.6. The van der Waals surface area contributed by atoms with Gasteiger partial charge in [-0.3, -0.25) is 4.79 Å². The van der Waals surface area contributed by atoms with E-state index in [0.29, 0.717) is 12.2 Å². The summed E-state index contributed by atoms with van der Waals surface area (Å²) in [5.74, 6) is 0.320. The summed E-state index contributed by atoms with van der Waals surface area (Å²) in [4.78, 5) is 11.6. The van der Waals surface area contributed by atoms with Crippen LogP contribution in [-0.4, -0.2) is 5.78 Å². The highest BCUT2D eigenvalue weighted by molar-refractivity contribution is 6.02. The fourth-order valence-electron chi connectivity index (χ4n) is 1.96. The van der Waals surface area contributed by atoms with Gasteiger partial charge in [-0.15, -0.1) is 0 Å². The van der Waals surface area contributed by atoms with E-state index < -0.39 is 0 Å². The Morgan fingerprint density at radius 2 is 2.07 bits per heavy atom. The molecule has 15 heavy (non-hydrogen) atoms. The maximum Gasteiger partial charge on any atom is 0.163 e. The van der Waals surface area contributed by atoms with Gasteiger partial charge in [-0.05, 0) is 38.7 Å². The third-order valence-electron chi connectivity index (χ3n) is 2.79. The standard InChI is InChI=1S/C14H20O/c1-4-5-6-7-8-11(2)14-12(3)9-10-13(14)15/h5-6,8H,4,7,9-10H2,1-3H3. The first-order valence-electron chi connectivity index (χ1n) is 5.72. The number of allylic oxidation sites excluding steroid dienone is 6. The molecule has 82 valence electrons. The molecule has 0 saturated heterocycles. The summed E-state index contributed by atoms with van der Waals surface area (Å²) in [5, 5.41) is 0. The molecule has 1 nitrogen and oxygen atoms in total. The van der Waals surface area contributed by atoms with E-state index in [9.17, 15) is 4.79 Å². The van der Waals surface area contributed by atoms with Crippen LogP contribution in [0.3, 0.4) is 0 Å². The molecule has 0 fully saturated rings. The molecule has 0 bridgehead atoms. The molecular formula is C14H20O. The van der Waals surface area contributed by atoms with Crippen molar-refractivity contribution >= 4 is 5.78 Å². The molecule has 0 saturated carbocycles. The van der Waals surface area contributed by atoms with Gasteiger partial charge in [0.1, 0.15) is 0 Å². The van der Waals surface area contributed by atoms with Crippen LogP contribution in [0.4, 0.5) is 0 Å². The smallest absolute Gasteiger partial charge is 0.163 e. The number of hydrogen-bond acceptors (Lipinski definition) is 1. The summed E-state index contributed by atoms with van der Waals surface area (Å²) >= 11 is 0. The highest BCUT2D eigenvalue weighted by Gasteiger charge is 2.20. The zero-order valence-corrected chi connectivity index (χ0v) is 9.97. The SMILES string of the molecule is CCC=CCC=C(C)C1=C(C)CCC1=O. The second kappa shape index (κ2) is 5.69.